The highest BCUT2D eigenvalue weighted by Gasteiger charge is 2.18. The highest BCUT2D eigenvalue weighted by atomic mass is 15.3. The average molecular weight is 387 g/mol. The van der Waals surface area contributed by atoms with Crippen molar-refractivity contribution in [3.05, 3.63) is 61.1 Å². The minimum atomic E-state index is 0.959. The van der Waals surface area contributed by atoms with E-state index in [1.807, 2.05) is 42.9 Å². The number of benzene rings is 2. The number of para-hydroxylation sites is 4. The van der Waals surface area contributed by atoms with Crippen LogP contribution in [0.2, 0.25) is 0 Å². The Morgan fingerprint density at radius 2 is 1.45 bits per heavy atom. The number of imidazole rings is 1. The molecule has 0 bridgehead atoms. The van der Waals surface area contributed by atoms with Crippen molar-refractivity contribution < 1.29 is 0 Å². The van der Waals surface area contributed by atoms with E-state index in [1.54, 1.807) is 0 Å². The third-order valence-electron chi connectivity index (χ3n) is 5.78. The molecule has 6 heteroatoms. The molecule has 0 unspecified atom stereocenters. The molecule has 2 aromatic heterocycles. The number of hydrogen-bond donors (Lipinski definition) is 0. The Bertz CT molecular complexity index is 1100. The fourth-order valence-electron chi connectivity index (χ4n) is 4.11. The van der Waals surface area contributed by atoms with Gasteiger partial charge in [-0.2, -0.15) is 0 Å². The number of aromatic nitrogens is 4. The van der Waals surface area contributed by atoms with Gasteiger partial charge >= 0.3 is 0 Å². The number of hydrogen-bond acceptors (Lipinski definition) is 5. The molecule has 0 saturated carbocycles. The second-order valence-electron chi connectivity index (χ2n) is 7.68. The second-order valence-corrected chi connectivity index (χ2v) is 7.68. The van der Waals surface area contributed by atoms with Crippen molar-refractivity contribution in [2.75, 3.05) is 37.6 Å². The van der Waals surface area contributed by atoms with E-state index in [0.717, 1.165) is 61.6 Å². The molecule has 6 nitrogen and oxygen atoms in total. The van der Waals surface area contributed by atoms with Crippen LogP contribution < -0.4 is 4.90 Å². The largest absolute Gasteiger partial charge is 0.353 e. The summed E-state index contributed by atoms with van der Waals surface area (Å²) in [5, 5.41) is 0. The van der Waals surface area contributed by atoms with E-state index in [2.05, 4.69) is 42.5 Å². The number of piperazine rings is 1. The molecule has 1 aliphatic heterocycles. The smallest absolute Gasteiger partial charge is 0.147 e. The predicted octanol–water partition coefficient (Wildman–Crippen LogP) is 3.58. The summed E-state index contributed by atoms with van der Waals surface area (Å²) < 4.78 is 2.27. The Labute approximate surface area is 170 Å². The van der Waals surface area contributed by atoms with Crippen molar-refractivity contribution in [1.29, 1.82) is 0 Å². The molecule has 2 aromatic carbocycles. The van der Waals surface area contributed by atoms with Gasteiger partial charge in [0.2, 0.25) is 0 Å². The normalized spacial score (nSPS) is 15.4. The summed E-state index contributed by atoms with van der Waals surface area (Å²) in [5.74, 6) is 0.996. The van der Waals surface area contributed by atoms with Gasteiger partial charge in [-0.25, -0.2) is 9.97 Å². The summed E-state index contributed by atoms with van der Waals surface area (Å²) in [6.07, 6.45) is 6.26. The van der Waals surface area contributed by atoms with Crippen LogP contribution in [0.4, 0.5) is 5.82 Å². The molecule has 3 heterocycles. The molecule has 1 aliphatic rings. The van der Waals surface area contributed by atoms with E-state index >= 15 is 0 Å². The zero-order chi connectivity index (χ0) is 19.5. The lowest BCUT2D eigenvalue weighted by atomic mass is 10.2. The number of fused-ring (bicyclic) bond motifs is 2. The van der Waals surface area contributed by atoms with Crippen molar-refractivity contribution in [2.45, 2.75) is 19.4 Å². The van der Waals surface area contributed by atoms with Gasteiger partial charge in [0.05, 0.1) is 34.6 Å². The van der Waals surface area contributed by atoms with Gasteiger partial charge in [0.25, 0.3) is 0 Å². The molecule has 0 atom stereocenters. The zero-order valence-corrected chi connectivity index (χ0v) is 16.6. The number of nitrogens with zero attached hydrogens (tertiary/aromatic N) is 6. The maximum Gasteiger partial charge on any atom is 0.147 e. The number of aryl methyl sites for hydroxylation is 1. The van der Waals surface area contributed by atoms with E-state index in [1.165, 1.54) is 18.4 Å². The van der Waals surface area contributed by atoms with Gasteiger partial charge in [0, 0.05) is 32.7 Å². The van der Waals surface area contributed by atoms with E-state index in [0.29, 0.717) is 0 Å². The van der Waals surface area contributed by atoms with Gasteiger partial charge < -0.3 is 9.47 Å². The fourth-order valence-corrected chi connectivity index (χ4v) is 4.11. The van der Waals surface area contributed by atoms with Gasteiger partial charge in [-0.05, 0) is 43.7 Å². The Morgan fingerprint density at radius 1 is 0.724 bits per heavy atom. The lowest BCUT2D eigenvalue weighted by Crippen LogP contribution is -2.47. The summed E-state index contributed by atoms with van der Waals surface area (Å²) in [7, 11) is 0. The lowest BCUT2D eigenvalue weighted by Gasteiger charge is -2.35. The number of anilines is 1. The third-order valence-corrected chi connectivity index (χ3v) is 5.78. The molecule has 1 saturated heterocycles. The van der Waals surface area contributed by atoms with E-state index in [-0.39, 0.29) is 0 Å². The molecule has 0 radical (unpaired) electrons. The first-order valence-electron chi connectivity index (χ1n) is 10.5. The molecule has 5 rings (SSSR count). The van der Waals surface area contributed by atoms with Crippen molar-refractivity contribution in [3.8, 4) is 0 Å². The van der Waals surface area contributed by atoms with Crippen molar-refractivity contribution in [3.63, 3.8) is 0 Å². The Kier molecular flexibility index (Phi) is 5.09. The maximum absolute atomic E-state index is 4.79. The Hall–Kier alpha value is -2.99. The van der Waals surface area contributed by atoms with Gasteiger partial charge in [-0.1, -0.05) is 24.3 Å². The first-order chi connectivity index (χ1) is 14.4. The summed E-state index contributed by atoms with van der Waals surface area (Å²) in [6.45, 7) is 6.39. The minimum Gasteiger partial charge on any atom is -0.353 e. The monoisotopic (exact) mass is 386 g/mol. The van der Waals surface area contributed by atoms with Gasteiger partial charge in [-0.3, -0.25) is 9.88 Å². The van der Waals surface area contributed by atoms with Crippen LogP contribution in [-0.2, 0) is 6.54 Å². The quantitative estimate of drug-likeness (QED) is 0.474. The third kappa shape index (κ3) is 3.93. The second kappa shape index (κ2) is 8.17. The van der Waals surface area contributed by atoms with E-state index in [9.17, 15) is 0 Å². The molecule has 1 fully saturated rings. The SMILES string of the molecule is c1ccc2nc(N3CCN(CCCCn4cnc5ccccc54)CC3)cnc2c1. The van der Waals surface area contributed by atoms with Crippen LogP contribution in [0, 0.1) is 0 Å². The van der Waals surface area contributed by atoms with Gasteiger partial charge in [0.15, 0.2) is 0 Å². The summed E-state index contributed by atoms with van der Waals surface area (Å²) in [4.78, 5) is 18.7. The lowest BCUT2D eigenvalue weighted by molar-refractivity contribution is 0.251. The molecular formula is C23H26N6. The van der Waals surface area contributed by atoms with Crippen LogP contribution in [-0.4, -0.2) is 57.1 Å². The highest BCUT2D eigenvalue weighted by molar-refractivity contribution is 5.75. The van der Waals surface area contributed by atoms with Gasteiger partial charge in [-0.15, -0.1) is 0 Å². The van der Waals surface area contributed by atoms with Crippen LogP contribution in [0.5, 0.6) is 0 Å². The zero-order valence-electron chi connectivity index (χ0n) is 16.6. The van der Waals surface area contributed by atoms with E-state index < -0.39 is 0 Å². The first-order valence-corrected chi connectivity index (χ1v) is 10.5. The molecule has 0 spiro atoms. The van der Waals surface area contributed by atoms with Crippen LogP contribution in [0.25, 0.3) is 22.1 Å². The van der Waals surface area contributed by atoms with Crippen LogP contribution in [0.1, 0.15) is 12.8 Å². The van der Waals surface area contributed by atoms with Gasteiger partial charge in [0.1, 0.15) is 5.82 Å². The summed E-state index contributed by atoms with van der Waals surface area (Å²) >= 11 is 0. The molecule has 0 N–H and O–H groups in total. The van der Waals surface area contributed by atoms with Crippen LogP contribution in [0.3, 0.4) is 0 Å². The predicted molar refractivity (Wildman–Crippen MR) is 117 cm³/mol. The van der Waals surface area contributed by atoms with Crippen LogP contribution >= 0.6 is 0 Å². The maximum atomic E-state index is 4.79. The van der Waals surface area contributed by atoms with E-state index in [4.69, 9.17) is 4.98 Å². The molecule has 148 valence electrons. The van der Waals surface area contributed by atoms with Crippen molar-refractivity contribution >= 4 is 27.9 Å². The Balaban J connectivity index is 1.09. The number of unbranched alkanes of at least 4 members (excludes halogenated alkanes) is 1. The molecule has 29 heavy (non-hydrogen) atoms. The fraction of sp³-hybridized carbons (Fsp3) is 0.348. The average Bonchev–Trinajstić information content (AvgIpc) is 3.20. The summed E-state index contributed by atoms with van der Waals surface area (Å²) in [5.41, 5.74) is 4.25. The molecular weight excluding hydrogens is 360 g/mol. The molecule has 0 aliphatic carbocycles. The standard InChI is InChI=1S/C23H26N6/c1-2-8-20-19(7-1)24-17-23(26-20)28-15-13-27(14-16-28)11-5-6-12-29-18-25-21-9-3-4-10-22(21)29/h1-4,7-10,17-18H,5-6,11-16H2. The Morgan fingerprint density at radius 3 is 2.31 bits per heavy atom. The van der Waals surface area contributed by atoms with Crippen molar-refractivity contribution in [2.24, 2.45) is 0 Å². The van der Waals surface area contributed by atoms with Crippen molar-refractivity contribution in [1.82, 2.24) is 24.4 Å². The minimum absolute atomic E-state index is 0.959. The topological polar surface area (TPSA) is 50.1 Å². The first kappa shape index (κ1) is 18.1. The highest BCUT2D eigenvalue weighted by Crippen LogP contribution is 2.17. The molecule has 4 aromatic rings. The summed E-state index contributed by atoms with van der Waals surface area (Å²) in [6, 6.07) is 16.4. The van der Waals surface area contributed by atoms with Crippen LogP contribution in [0.15, 0.2) is 61.1 Å². The number of rotatable bonds is 6. The molecule has 0 amide bonds.